The van der Waals surface area contributed by atoms with Gasteiger partial charge in [-0.3, -0.25) is 4.79 Å². The van der Waals surface area contributed by atoms with Gasteiger partial charge in [-0.2, -0.15) is 10.4 Å². The van der Waals surface area contributed by atoms with Crippen LogP contribution in [-0.4, -0.2) is 18.7 Å². The number of hydrogen-bond acceptors (Lipinski definition) is 5. The summed E-state index contributed by atoms with van der Waals surface area (Å²) < 4.78 is 11.2. The molecule has 0 fully saturated rings. The highest BCUT2D eigenvalue weighted by Crippen LogP contribution is 2.15. The van der Waals surface area contributed by atoms with Gasteiger partial charge in [0.25, 0.3) is 5.91 Å². The summed E-state index contributed by atoms with van der Waals surface area (Å²) in [6, 6.07) is 23.6. The van der Waals surface area contributed by atoms with Gasteiger partial charge in [-0.15, -0.1) is 0 Å². The highest BCUT2D eigenvalue weighted by atomic mass is 16.5. The monoisotopic (exact) mass is 399 g/mol. The summed E-state index contributed by atoms with van der Waals surface area (Å²) >= 11 is 0. The summed E-state index contributed by atoms with van der Waals surface area (Å²) in [4.78, 5) is 12.2. The van der Waals surface area contributed by atoms with Crippen molar-refractivity contribution in [2.75, 3.05) is 6.61 Å². The first-order chi connectivity index (χ1) is 14.7. The minimum absolute atomic E-state index is 0.303. The predicted molar refractivity (Wildman–Crippen MR) is 115 cm³/mol. The molecule has 3 aromatic rings. The zero-order valence-electron chi connectivity index (χ0n) is 16.5. The van der Waals surface area contributed by atoms with Gasteiger partial charge in [0.15, 0.2) is 0 Å². The molecule has 0 spiro atoms. The van der Waals surface area contributed by atoms with Crippen LogP contribution in [-0.2, 0) is 6.61 Å². The lowest BCUT2D eigenvalue weighted by molar-refractivity contribution is 0.0955. The molecule has 0 radical (unpaired) electrons. The molecule has 0 aliphatic heterocycles. The average Bonchev–Trinajstić information content (AvgIpc) is 2.79. The Balaban J connectivity index is 1.54. The minimum Gasteiger partial charge on any atom is -0.494 e. The second-order valence-electron chi connectivity index (χ2n) is 6.33. The fraction of sp³-hybridized carbons (Fsp3) is 0.125. The number of benzene rings is 3. The van der Waals surface area contributed by atoms with Gasteiger partial charge >= 0.3 is 0 Å². The first kappa shape index (κ1) is 20.6. The van der Waals surface area contributed by atoms with E-state index in [0.29, 0.717) is 30.1 Å². The first-order valence-corrected chi connectivity index (χ1v) is 9.46. The van der Waals surface area contributed by atoms with Gasteiger partial charge in [0.1, 0.15) is 18.1 Å². The number of amides is 1. The molecule has 1 amide bonds. The minimum atomic E-state index is -0.303. The third-order valence-electron chi connectivity index (χ3n) is 4.15. The highest BCUT2D eigenvalue weighted by molar-refractivity contribution is 5.95. The van der Waals surface area contributed by atoms with E-state index in [9.17, 15) is 4.79 Å². The topological polar surface area (TPSA) is 83.7 Å². The van der Waals surface area contributed by atoms with Crippen molar-refractivity contribution in [1.29, 1.82) is 5.26 Å². The van der Waals surface area contributed by atoms with Gasteiger partial charge in [-0.05, 0) is 66.6 Å². The van der Waals surface area contributed by atoms with Gasteiger partial charge in [-0.25, -0.2) is 5.43 Å². The number of hydrogen-bond donors (Lipinski definition) is 1. The summed E-state index contributed by atoms with van der Waals surface area (Å²) in [6.45, 7) is 2.87. The number of carbonyl (C=O) groups is 1. The fourth-order valence-electron chi connectivity index (χ4n) is 2.63. The van der Waals surface area contributed by atoms with E-state index in [0.717, 1.165) is 16.9 Å². The maximum atomic E-state index is 12.2. The molecule has 0 saturated heterocycles. The van der Waals surface area contributed by atoms with Crippen molar-refractivity contribution in [3.63, 3.8) is 0 Å². The zero-order chi connectivity index (χ0) is 21.2. The van der Waals surface area contributed by atoms with Crippen molar-refractivity contribution in [3.05, 3.63) is 95.1 Å². The Kier molecular flexibility index (Phi) is 7.17. The van der Waals surface area contributed by atoms with Crippen LogP contribution in [0.3, 0.4) is 0 Å². The fourth-order valence-corrected chi connectivity index (χ4v) is 2.63. The quantitative estimate of drug-likeness (QED) is 0.452. The Morgan fingerprint density at radius 2 is 1.80 bits per heavy atom. The molecule has 0 bridgehead atoms. The number of nitrogens with one attached hydrogen (secondary N) is 1. The molecular weight excluding hydrogens is 378 g/mol. The molecule has 1 N–H and O–H groups in total. The summed E-state index contributed by atoms with van der Waals surface area (Å²) in [5, 5.41) is 12.9. The molecule has 0 aliphatic rings. The lowest BCUT2D eigenvalue weighted by Gasteiger charge is -2.07. The van der Waals surface area contributed by atoms with E-state index in [-0.39, 0.29) is 5.91 Å². The second kappa shape index (κ2) is 10.4. The van der Waals surface area contributed by atoms with Crippen LogP contribution < -0.4 is 14.9 Å². The number of ether oxygens (including phenoxy) is 2. The smallest absolute Gasteiger partial charge is 0.271 e. The third kappa shape index (κ3) is 5.94. The molecule has 0 aliphatic carbocycles. The second-order valence-corrected chi connectivity index (χ2v) is 6.33. The van der Waals surface area contributed by atoms with Crippen molar-refractivity contribution in [2.24, 2.45) is 5.10 Å². The van der Waals surface area contributed by atoms with E-state index in [4.69, 9.17) is 14.7 Å². The maximum Gasteiger partial charge on any atom is 0.271 e. The van der Waals surface area contributed by atoms with E-state index in [1.807, 2.05) is 43.3 Å². The molecule has 30 heavy (non-hydrogen) atoms. The van der Waals surface area contributed by atoms with Crippen LogP contribution in [0, 0.1) is 11.3 Å². The van der Waals surface area contributed by atoms with Crippen LogP contribution in [0.1, 0.15) is 34.0 Å². The molecule has 3 rings (SSSR count). The zero-order valence-corrected chi connectivity index (χ0v) is 16.5. The maximum absolute atomic E-state index is 12.2. The van der Waals surface area contributed by atoms with Crippen molar-refractivity contribution < 1.29 is 14.3 Å². The van der Waals surface area contributed by atoms with Crippen LogP contribution in [0.25, 0.3) is 0 Å². The number of carbonyl (C=O) groups excluding carboxylic acids is 1. The van der Waals surface area contributed by atoms with E-state index in [2.05, 4.69) is 16.6 Å². The van der Waals surface area contributed by atoms with Gasteiger partial charge in [-0.1, -0.05) is 24.3 Å². The van der Waals surface area contributed by atoms with Crippen LogP contribution in [0.4, 0.5) is 0 Å². The molecule has 0 saturated carbocycles. The first-order valence-electron chi connectivity index (χ1n) is 9.46. The molecule has 3 aromatic carbocycles. The van der Waals surface area contributed by atoms with E-state index in [1.54, 1.807) is 42.6 Å². The van der Waals surface area contributed by atoms with E-state index >= 15 is 0 Å². The molecule has 6 heteroatoms. The predicted octanol–water partition coefficient (Wildman–Crippen LogP) is 4.30. The Hall–Kier alpha value is -4.11. The number of nitriles is 1. The summed E-state index contributed by atoms with van der Waals surface area (Å²) in [5.41, 5.74) is 5.38. The Bertz CT molecular complexity index is 1050. The van der Waals surface area contributed by atoms with Crippen molar-refractivity contribution in [2.45, 2.75) is 13.5 Å². The van der Waals surface area contributed by atoms with Crippen LogP contribution in [0.15, 0.2) is 77.9 Å². The van der Waals surface area contributed by atoms with Crippen LogP contribution in [0.5, 0.6) is 11.5 Å². The molecule has 0 atom stereocenters. The Labute approximate surface area is 175 Å². The van der Waals surface area contributed by atoms with E-state index in [1.165, 1.54) is 0 Å². The van der Waals surface area contributed by atoms with Gasteiger partial charge in [0.05, 0.1) is 24.5 Å². The Morgan fingerprint density at radius 3 is 2.50 bits per heavy atom. The Morgan fingerprint density at radius 1 is 1.03 bits per heavy atom. The lowest BCUT2D eigenvalue weighted by atomic mass is 10.1. The van der Waals surface area contributed by atoms with Gasteiger partial charge in [0, 0.05) is 5.56 Å². The SMILES string of the molecule is CCOc1ccc(C(=O)N/N=C/c2cccc(OCc3ccc(C#N)cc3)c2)cc1. The standard InChI is InChI=1S/C24H21N3O3/c1-2-29-22-12-10-21(11-13-22)24(28)27-26-16-20-4-3-5-23(14-20)30-17-19-8-6-18(15-25)7-9-19/h3-14,16H,2,17H2,1H3,(H,27,28)/b26-16+. The normalized spacial score (nSPS) is 10.4. The number of nitrogens with zero attached hydrogens (tertiary/aromatic N) is 2. The number of rotatable bonds is 8. The molecular formula is C24H21N3O3. The highest BCUT2D eigenvalue weighted by Gasteiger charge is 2.04. The van der Waals surface area contributed by atoms with Crippen molar-refractivity contribution >= 4 is 12.1 Å². The summed E-state index contributed by atoms with van der Waals surface area (Å²) in [7, 11) is 0. The molecule has 0 heterocycles. The molecule has 0 aromatic heterocycles. The lowest BCUT2D eigenvalue weighted by Crippen LogP contribution is -2.17. The van der Waals surface area contributed by atoms with Gasteiger partial charge < -0.3 is 9.47 Å². The molecule has 150 valence electrons. The molecule has 0 unspecified atom stereocenters. The number of hydrazone groups is 1. The molecule has 6 nitrogen and oxygen atoms in total. The summed E-state index contributed by atoms with van der Waals surface area (Å²) in [6.07, 6.45) is 1.56. The van der Waals surface area contributed by atoms with Crippen molar-refractivity contribution in [3.8, 4) is 17.6 Å². The largest absolute Gasteiger partial charge is 0.494 e. The van der Waals surface area contributed by atoms with Gasteiger partial charge in [0.2, 0.25) is 0 Å². The van der Waals surface area contributed by atoms with E-state index < -0.39 is 0 Å². The van der Waals surface area contributed by atoms with Crippen LogP contribution in [0.2, 0.25) is 0 Å². The van der Waals surface area contributed by atoms with Crippen molar-refractivity contribution in [1.82, 2.24) is 5.43 Å². The average molecular weight is 399 g/mol. The summed E-state index contributed by atoms with van der Waals surface area (Å²) in [5.74, 6) is 1.10. The third-order valence-corrected chi connectivity index (χ3v) is 4.15. The van der Waals surface area contributed by atoms with Crippen LogP contribution >= 0.6 is 0 Å².